The van der Waals surface area contributed by atoms with Crippen LogP contribution in [0, 0.1) is 5.92 Å². The standard InChI is InChI=1S/C18H17ClS/c19-18-13(9-12-5-1-2-7-16(12)18)10-14-11-20-17-8-4-3-6-15(14)17/h1-8,13-14,18H,9-11H2. The lowest BCUT2D eigenvalue weighted by Crippen LogP contribution is -2.09. The topological polar surface area (TPSA) is 0 Å². The Morgan fingerprint density at radius 2 is 1.75 bits per heavy atom. The highest BCUT2D eigenvalue weighted by Gasteiger charge is 2.34. The third-order valence-electron chi connectivity index (χ3n) is 4.63. The molecular formula is C18H17ClS. The summed E-state index contributed by atoms with van der Waals surface area (Å²) >= 11 is 8.71. The molecule has 0 saturated carbocycles. The van der Waals surface area contributed by atoms with Gasteiger partial charge >= 0.3 is 0 Å². The van der Waals surface area contributed by atoms with Crippen LogP contribution in [0.25, 0.3) is 0 Å². The molecule has 3 unspecified atom stereocenters. The molecule has 1 heterocycles. The molecule has 0 bridgehead atoms. The second-order valence-electron chi connectivity index (χ2n) is 5.85. The van der Waals surface area contributed by atoms with Gasteiger partial charge in [-0.3, -0.25) is 0 Å². The summed E-state index contributed by atoms with van der Waals surface area (Å²) in [7, 11) is 0. The normalized spacial score (nSPS) is 27.4. The molecule has 0 radical (unpaired) electrons. The molecule has 2 aromatic rings. The number of alkyl halides is 1. The molecule has 0 amide bonds. The van der Waals surface area contributed by atoms with Gasteiger partial charge in [0.15, 0.2) is 0 Å². The van der Waals surface area contributed by atoms with Crippen LogP contribution in [0.2, 0.25) is 0 Å². The zero-order valence-electron chi connectivity index (χ0n) is 11.3. The highest BCUT2D eigenvalue weighted by molar-refractivity contribution is 7.99. The van der Waals surface area contributed by atoms with Gasteiger partial charge in [0.1, 0.15) is 0 Å². The number of halogens is 1. The van der Waals surface area contributed by atoms with Gasteiger partial charge in [-0.15, -0.1) is 23.4 Å². The van der Waals surface area contributed by atoms with E-state index in [1.807, 2.05) is 11.8 Å². The van der Waals surface area contributed by atoms with Gasteiger partial charge in [-0.05, 0) is 47.4 Å². The van der Waals surface area contributed by atoms with E-state index in [9.17, 15) is 0 Å². The average molecular weight is 301 g/mol. The van der Waals surface area contributed by atoms with E-state index in [1.165, 1.54) is 33.8 Å². The van der Waals surface area contributed by atoms with Gasteiger partial charge in [0, 0.05) is 10.6 Å². The maximum Gasteiger partial charge on any atom is 0.0619 e. The molecule has 2 aromatic carbocycles. The van der Waals surface area contributed by atoms with E-state index < -0.39 is 0 Å². The Morgan fingerprint density at radius 1 is 1.00 bits per heavy atom. The van der Waals surface area contributed by atoms with Crippen LogP contribution in [-0.4, -0.2) is 5.75 Å². The van der Waals surface area contributed by atoms with Gasteiger partial charge in [0.25, 0.3) is 0 Å². The summed E-state index contributed by atoms with van der Waals surface area (Å²) < 4.78 is 0. The van der Waals surface area contributed by atoms with Crippen molar-refractivity contribution in [2.75, 3.05) is 5.75 Å². The third-order valence-corrected chi connectivity index (χ3v) is 6.48. The fourth-order valence-corrected chi connectivity index (χ4v) is 5.30. The molecule has 3 atom stereocenters. The number of thioether (sulfide) groups is 1. The monoisotopic (exact) mass is 300 g/mol. The van der Waals surface area contributed by atoms with Crippen molar-refractivity contribution in [1.82, 2.24) is 0 Å². The van der Waals surface area contributed by atoms with E-state index in [4.69, 9.17) is 11.6 Å². The lowest BCUT2D eigenvalue weighted by Gasteiger charge is -2.19. The van der Waals surface area contributed by atoms with Crippen molar-refractivity contribution in [2.24, 2.45) is 5.92 Å². The van der Waals surface area contributed by atoms with Gasteiger partial charge in [0.2, 0.25) is 0 Å². The summed E-state index contributed by atoms with van der Waals surface area (Å²) in [5.74, 6) is 2.48. The van der Waals surface area contributed by atoms with Gasteiger partial charge < -0.3 is 0 Å². The Labute approximate surface area is 129 Å². The zero-order valence-corrected chi connectivity index (χ0v) is 12.8. The molecule has 1 aliphatic heterocycles. The van der Waals surface area contributed by atoms with Gasteiger partial charge in [0.05, 0.1) is 5.38 Å². The van der Waals surface area contributed by atoms with Crippen molar-refractivity contribution in [3.63, 3.8) is 0 Å². The second kappa shape index (κ2) is 5.13. The summed E-state index contributed by atoms with van der Waals surface area (Å²) in [5.41, 5.74) is 4.35. The SMILES string of the molecule is ClC1c2ccccc2CC1CC1CSc2ccccc21. The third kappa shape index (κ3) is 2.08. The maximum absolute atomic E-state index is 6.71. The van der Waals surface area contributed by atoms with Crippen molar-refractivity contribution < 1.29 is 0 Å². The second-order valence-corrected chi connectivity index (χ2v) is 7.38. The van der Waals surface area contributed by atoms with Gasteiger partial charge in [-0.1, -0.05) is 42.5 Å². The predicted molar refractivity (Wildman–Crippen MR) is 86.8 cm³/mol. The van der Waals surface area contributed by atoms with Crippen molar-refractivity contribution in [3.05, 3.63) is 65.2 Å². The summed E-state index contributed by atoms with van der Waals surface area (Å²) in [4.78, 5) is 1.47. The molecule has 0 N–H and O–H groups in total. The predicted octanol–water partition coefficient (Wildman–Crippen LogP) is 5.42. The number of hydrogen-bond acceptors (Lipinski definition) is 1. The molecule has 1 aliphatic carbocycles. The minimum absolute atomic E-state index is 0.198. The Bertz CT molecular complexity index is 637. The van der Waals surface area contributed by atoms with Crippen LogP contribution in [0.5, 0.6) is 0 Å². The number of hydrogen-bond donors (Lipinski definition) is 0. The number of fused-ring (bicyclic) bond motifs is 2. The first kappa shape index (κ1) is 12.8. The number of benzene rings is 2. The highest BCUT2D eigenvalue weighted by atomic mass is 35.5. The minimum Gasteiger partial charge on any atom is -0.125 e. The molecule has 0 fully saturated rings. The fraction of sp³-hybridized carbons (Fsp3) is 0.333. The summed E-state index contributed by atoms with van der Waals surface area (Å²) in [6.45, 7) is 0. The van der Waals surface area contributed by atoms with Crippen LogP contribution in [-0.2, 0) is 6.42 Å². The molecule has 2 heteroatoms. The molecule has 0 nitrogen and oxygen atoms in total. The summed E-state index contributed by atoms with van der Waals surface area (Å²) in [6, 6.07) is 17.5. The van der Waals surface area contributed by atoms with Crippen LogP contribution in [0.4, 0.5) is 0 Å². The van der Waals surface area contributed by atoms with Crippen LogP contribution in [0.15, 0.2) is 53.4 Å². The number of rotatable bonds is 2. The lowest BCUT2D eigenvalue weighted by atomic mass is 9.88. The smallest absolute Gasteiger partial charge is 0.0619 e. The molecule has 20 heavy (non-hydrogen) atoms. The van der Waals surface area contributed by atoms with E-state index in [0.29, 0.717) is 11.8 Å². The van der Waals surface area contributed by atoms with E-state index in [-0.39, 0.29) is 5.38 Å². The van der Waals surface area contributed by atoms with Crippen molar-refractivity contribution >= 4 is 23.4 Å². The zero-order chi connectivity index (χ0) is 13.5. The van der Waals surface area contributed by atoms with E-state index in [0.717, 1.165) is 6.42 Å². The van der Waals surface area contributed by atoms with Gasteiger partial charge in [-0.25, -0.2) is 0 Å². The Hall–Kier alpha value is -0.920. The first-order valence-electron chi connectivity index (χ1n) is 7.26. The Kier molecular flexibility index (Phi) is 3.28. The van der Waals surface area contributed by atoms with Crippen LogP contribution >= 0.6 is 23.4 Å². The van der Waals surface area contributed by atoms with E-state index in [2.05, 4.69) is 48.5 Å². The molecule has 2 aliphatic rings. The fourth-order valence-electron chi connectivity index (χ4n) is 3.62. The Balaban J connectivity index is 1.55. The maximum atomic E-state index is 6.71. The summed E-state index contributed by atoms with van der Waals surface area (Å²) in [5, 5.41) is 0.198. The minimum atomic E-state index is 0.198. The van der Waals surface area contributed by atoms with Crippen LogP contribution in [0.1, 0.15) is 34.4 Å². The van der Waals surface area contributed by atoms with Crippen molar-refractivity contribution in [1.29, 1.82) is 0 Å². The highest BCUT2D eigenvalue weighted by Crippen LogP contribution is 2.49. The van der Waals surface area contributed by atoms with Gasteiger partial charge in [-0.2, -0.15) is 0 Å². The molecule has 0 spiro atoms. The largest absolute Gasteiger partial charge is 0.125 e. The van der Waals surface area contributed by atoms with Crippen LogP contribution in [0.3, 0.4) is 0 Å². The average Bonchev–Trinajstić information content (AvgIpc) is 3.03. The first-order valence-corrected chi connectivity index (χ1v) is 8.68. The van der Waals surface area contributed by atoms with E-state index >= 15 is 0 Å². The van der Waals surface area contributed by atoms with Crippen LogP contribution < -0.4 is 0 Å². The Morgan fingerprint density at radius 3 is 2.60 bits per heavy atom. The molecular weight excluding hydrogens is 284 g/mol. The lowest BCUT2D eigenvalue weighted by molar-refractivity contribution is 0.462. The quantitative estimate of drug-likeness (QED) is 0.667. The molecule has 0 saturated heterocycles. The molecule has 102 valence electrons. The van der Waals surface area contributed by atoms with E-state index in [1.54, 1.807) is 0 Å². The summed E-state index contributed by atoms with van der Waals surface area (Å²) in [6.07, 6.45) is 2.36. The first-order chi connectivity index (χ1) is 9.83. The molecule has 0 aromatic heterocycles. The van der Waals surface area contributed by atoms with Crippen molar-refractivity contribution in [3.8, 4) is 0 Å². The molecule has 4 rings (SSSR count). The van der Waals surface area contributed by atoms with Crippen molar-refractivity contribution in [2.45, 2.75) is 29.0 Å².